The first-order valence-corrected chi connectivity index (χ1v) is 16.9. The number of hydrogen-bond acceptors (Lipinski definition) is 6. The molecule has 0 spiro atoms. The molecule has 7 rings (SSSR count). The van der Waals surface area contributed by atoms with Crippen molar-refractivity contribution in [2.45, 2.75) is 31.6 Å². The molecule has 0 saturated carbocycles. The lowest BCUT2D eigenvalue weighted by Gasteiger charge is -2.44. The van der Waals surface area contributed by atoms with Crippen molar-refractivity contribution in [3.05, 3.63) is 122 Å². The van der Waals surface area contributed by atoms with E-state index in [2.05, 4.69) is 57.1 Å². The maximum atomic E-state index is 14.2. The summed E-state index contributed by atoms with van der Waals surface area (Å²) in [7, 11) is 1.57. The smallest absolute Gasteiger partial charge is 0.335 e. The van der Waals surface area contributed by atoms with E-state index in [1.165, 1.54) is 22.9 Å². The molecule has 9 heteroatoms. The topological polar surface area (TPSA) is 88.2 Å². The Kier molecular flexibility index (Phi) is 8.48. The number of barbiturate groups is 1. The molecule has 0 bridgehead atoms. The summed E-state index contributed by atoms with van der Waals surface area (Å²) in [5.74, 6) is -0.158. The van der Waals surface area contributed by atoms with Crippen LogP contribution in [0.5, 0.6) is 11.5 Å². The third kappa shape index (κ3) is 5.66. The summed E-state index contributed by atoms with van der Waals surface area (Å²) in [5.41, 5.74) is 6.63. The second-order valence-corrected chi connectivity index (χ2v) is 13.1. The fourth-order valence-corrected chi connectivity index (χ4v) is 8.01. The van der Waals surface area contributed by atoms with Crippen molar-refractivity contribution in [3.63, 3.8) is 0 Å². The summed E-state index contributed by atoms with van der Waals surface area (Å²) in [6.07, 6.45) is 3.33. The van der Waals surface area contributed by atoms with Gasteiger partial charge in [-0.3, -0.25) is 14.9 Å². The summed E-state index contributed by atoms with van der Waals surface area (Å²) in [4.78, 5) is 44.5. The standard InChI is InChI=1S/C38H34IN3O5/c1-3-47-33-20-23(19-32(39)35(33)46-2)18-31-36(43)40-38(45)42(37(31)44)26-21-29-27(24-10-6-4-7-11-24)14-16-41-17-15-28(30(22-26)34(29)41)25-12-8-5-9-13-25/h4-13,18-22,27-28H,3,14-17H2,1-2H3,(H,40,43,45)/b31-18+/t27-,28-/m0/s1. The summed E-state index contributed by atoms with van der Waals surface area (Å²) in [6.45, 7) is 4.14. The van der Waals surface area contributed by atoms with E-state index in [0.29, 0.717) is 29.4 Å². The Hall–Kier alpha value is -4.64. The van der Waals surface area contributed by atoms with Crippen LogP contribution in [0.3, 0.4) is 0 Å². The first-order valence-electron chi connectivity index (χ1n) is 15.8. The van der Waals surface area contributed by atoms with Crippen LogP contribution in [-0.4, -0.2) is 44.7 Å². The number of ether oxygens (including phenoxy) is 2. The zero-order chi connectivity index (χ0) is 32.7. The number of nitrogens with zero attached hydrogens (tertiary/aromatic N) is 2. The van der Waals surface area contributed by atoms with Crippen LogP contribution in [-0.2, 0) is 9.59 Å². The Balaban J connectivity index is 1.37. The molecule has 1 fully saturated rings. The van der Waals surface area contributed by atoms with Crippen LogP contribution in [0.25, 0.3) is 6.08 Å². The predicted octanol–water partition coefficient (Wildman–Crippen LogP) is 7.24. The first kappa shape index (κ1) is 31.0. The third-order valence-electron chi connectivity index (χ3n) is 9.21. The third-order valence-corrected chi connectivity index (χ3v) is 10.0. The minimum absolute atomic E-state index is 0.0913. The van der Waals surface area contributed by atoms with Gasteiger partial charge in [-0.05, 0) is 101 Å². The fraction of sp³-hybridized carbons (Fsp3) is 0.237. The molecule has 0 aliphatic carbocycles. The average molecular weight is 740 g/mol. The lowest BCUT2D eigenvalue weighted by atomic mass is 9.76. The molecule has 3 heterocycles. The maximum absolute atomic E-state index is 14.2. The number of halogens is 1. The summed E-state index contributed by atoms with van der Waals surface area (Å²) >= 11 is 2.13. The molecular weight excluding hydrogens is 705 g/mol. The fourth-order valence-electron chi connectivity index (χ4n) is 7.16. The number of urea groups is 1. The molecule has 8 nitrogen and oxygen atoms in total. The molecule has 0 aromatic heterocycles. The second-order valence-electron chi connectivity index (χ2n) is 11.9. The van der Waals surface area contributed by atoms with Crippen LogP contribution >= 0.6 is 22.6 Å². The second kappa shape index (κ2) is 12.9. The van der Waals surface area contributed by atoms with Gasteiger partial charge in [0.15, 0.2) is 11.5 Å². The van der Waals surface area contributed by atoms with Gasteiger partial charge in [-0.1, -0.05) is 60.7 Å². The minimum atomic E-state index is -0.764. The molecule has 3 aliphatic rings. The number of methoxy groups -OCH3 is 1. The number of nitrogens with one attached hydrogen (secondary N) is 1. The van der Waals surface area contributed by atoms with Crippen molar-refractivity contribution in [2.24, 2.45) is 0 Å². The number of benzene rings is 4. The average Bonchev–Trinajstić information content (AvgIpc) is 3.08. The van der Waals surface area contributed by atoms with Crippen LogP contribution in [0, 0.1) is 3.57 Å². The van der Waals surface area contributed by atoms with E-state index in [9.17, 15) is 14.4 Å². The molecule has 47 heavy (non-hydrogen) atoms. The van der Waals surface area contributed by atoms with Crippen LogP contribution in [0.2, 0.25) is 0 Å². The van der Waals surface area contributed by atoms with Gasteiger partial charge in [0.2, 0.25) is 0 Å². The van der Waals surface area contributed by atoms with Gasteiger partial charge in [0.05, 0.1) is 23.0 Å². The Morgan fingerprint density at radius 2 is 1.47 bits per heavy atom. The molecule has 0 radical (unpaired) electrons. The summed E-state index contributed by atoms with van der Waals surface area (Å²) < 4.78 is 12.0. The van der Waals surface area contributed by atoms with Crippen molar-refractivity contribution >= 4 is 57.9 Å². The quantitative estimate of drug-likeness (QED) is 0.122. The zero-order valence-electron chi connectivity index (χ0n) is 26.2. The van der Waals surface area contributed by atoms with Crippen molar-refractivity contribution < 1.29 is 23.9 Å². The van der Waals surface area contributed by atoms with Gasteiger partial charge in [0.25, 0.3) is 11.8 Å². The van der Waals surface area contributed by atoms with E-state index in [-0.39, 0.29) is 17.4 Å². The number of hydrogen-bond donors (Lipinski definition) is 1. The van der Waals surface area contributed by atoms with Gasteiger partial charge in [-0.2, -0.15) is 0 Å². The lowest BCUT2D eigenvalue weighted by molar-refractivity contribution is -0.122. The summed E-state index contributed by atoms with van der Waals surface area (Å²) in [5, 5.41) is 2.42. The van der Waals surface area contributed by atoms with E-state index in [1.54, 1.807) is 13.2 Å². The van der Waals surface area contributed by atoms with Gasteiger partial charge in [-0.15, -0.1) is 0 Å². The molecule has 2 atom stereocenters. The van der Waals surface area contributed by atoms with Gasteiger partial charge in [-0.25, -0.2) is 9.69 Å². The predicted molar refractivity (Wildman–Crippen MR) is 190 cm³/mol. The molecule has 4 amide bonds. The van der Waals surface area contributed by atoms with Gasteiger partial charge < -0.3 is 14.4 Å². The number of carbonyl (C=O) groups excluding carboxylic acids is 3. The summed E-state index contributed by atoms with van der Waals surface area (Å²) in [6, 6.07) is 27.5. The lowest BCUT2D eigenvalue weighted by Crippen LogP contribution is -2.54. The minimum Gasteiger partial charge on any atom is -0.492 e. The normalized spacial score (nSPS) is 19.8. The molecular formula is C38H34IN3O5. The molecule has 1 saturated heterocycles. The first-order chi connectivity index (χ1) is 22.9. The van der Waals surface area contributed by atoms with E-state index in [1.807, 2.05) is 61.5 Å². The van der Waals surface area contributed by atoms with E-state index >= 15 is 0 Å². The highest BCUT2D eigenvalue weighted by molar-refractivity contribution is 14.1. The molecule has 0 unspecified atom stereocenters. The molecule has 4 aromatic carbocycles. The highest BCUT2D eigenvalue weighted by Gasteiger charge is 2.40. The van der Waals surface area contributed by atoms with E-state index in [4.69, 9.17) is 9.47 Å². The Morgan fingerprint density at radius 1 is 0.872 bits per heavy atom. The maximum Gasteiger partial charge on any atom is 0.335 e. The van der Waals surface area contributed by atoms with Crippen LogP contribution < -0.4 is 24.6 Å². The van der Waals surface area contributed by atoms with Crippen molar-refractivity contribution in [1.29, 1.82) is 0 Å². The van der Waals surface area contributed by atoms with E-state index < -0.39 is 17.8 Å². The Bertz CT molecular complexity index is 1840. The van der Waals surface area contributed by atoms with Crippen molar-refractivity contribution in [2.75, 3.05) is 36.6 Å². The monoisotopic (exact) mass is 739 g/mol. The number of anilines is 2. The van der Waals surface area contributed by atoms with Crippen LogP contribution in [0.1, 0.15) is 59.4 Å². The molecule has 4 aromatic rings. The number of amides is 4. The van der Waals surface area contributed by atoms with Crippen molar-refractivity contribution in [3.8, 4) is 11.5 Å². The van der Waals surface area contributed by atoms with Crippen molar-refractivity contribution in [1.82, 2.24) is 5.32 Å². The highest BCUT2D eigenvalue weighted by Crippen LogP contribution is 2.50. The number of rotatable bonds is 7. The zero-order valence-corrected chi connectivity index (χ0v) is 28.3. The Labute approximate surface area is 287 Å². The molecule has 238 valence electrons. The Morgan fingerprint density at radius 3 is 2.02 bits per heavy atom. The number of carbonyl (C=O) groups is 3. The van der Waals surface area contributed by atoms with Crippen LogP contribution in [0.4, 0.5) is 16.2 Å². The van der Waals surface area contributed by atoms with Gasteiger partial charge in [0.1, 0.15) is 5.57 Å². The van der Waals surface area contributed by atoms with Crippen LogP contribution in [0.15, 0.2) is 90.5 Å². The van der Waals surface area contributed by atoms with Gasteiger partial charge in [0, 0.05) is 30.6 Å². The highest BCUT2D eigenvalue weighted by atomic mass is 127. The largest absolute Gasteiger partial charge is 0.492 e. The SMILES string of the molecule is CCOc1cc(/C=C2\C(=O)NC(=O)N(c3cc4c5c(c3)[C@H](c3ccccc3)CCN5CC[C@H]4c3ccccc3)C2=O)cc(I)c1OC. The molecule has 3 aliphatic heterocycles. The number of imide groups is 2. The van der Waals surface area contributed by atoms with Gasteiger partial charge >= 0.3 is 6.03 Å². The van der Waals surface area contributed by atoms with E-state index in [0.717, 1.165) is 45.5 Å². The molecule has 1 N–H and O–H groups in total.